The predicted octanol–water partition coefficient (Wildman–Crippen LogP) is 6.92. The van der Waals surface area contributed by atoms with Crippen LogP contribution in [0.2, 0.25) is 0 Å². The zero-order valence-corrected chi connectivity index (χ0v) is 24.7. The van der Waals surface area contributed by atoms with Crippen molar-refractivity contribution in [2.24, 2.45) is 0 Å². The number of alkyl halides is 3. The summed E-state index contributed by atoms with van der Waals surface area (Å²) in [6.45, 7) is 6.36. The number of nitrogens with zero attached hydrogens (tertiary/aromatic N) is 1. The van der Waals surface area contributed by atoms with Gasteiger partial charge in [-0.1, -0.05) is 68.4 Å². The molecule has 2 atom stereocenters. The lowest BCUT2D eigenvalue weighted by Gasteiger charge is -2.40. The van der Waals surface area contributed by atoms with Crippen molar-refractivity contribution in [1.82, 2.24) is 10.2 Å². The van der Waals surface area contributed by atoms with Gasteiger partial charge in [-0.2, -0.15) is 21.6 Å². The molecule has 10 heteroatoms. The lowest BCUT2D eigenvalue weighted by Crippen LogP contribution is -2.42. The van der Waals surface area contributed by atoms with E-state index in [2.05, 4.69) is 21.3 Å². The molecule has 0 saturated heterocycles. The summed E-state index contributed by atoms with van der Waals surface area (Å²) in [5, 5.41) is 3.00. The Labute approximate surface area is 246 Å². The number of rotatable bonds is 12. The smallest absolute Gasteiger partial charge is 0.376 e. The van der Waals surface area contributed by atoms with Crippen LogP contribution in [0.25, 0.3) is 11.1 Å². The van der Waals surface area contributed by atoms with Crippen molar-refractivity contribution in [3.8, 4) is 16.9 Å². The maximum Gasteiger partial charge on any atom is 0.534 e. The molecule has 0 radical (unpaired) electrons. The third-order valence-corrected chi connectivity index (χ3v) is 8.77. The van der Waals surface area contributed by atoms with Crippen LogP contribution in [0.3, 0.4) is 0 Å². The highest BCUT2D eigenvalue weighted by Gasteiger charge is 2.49. The van der Waals surface area contributed by atoms with E-state index in [0.29, 0.717) is 30.5 Å². The van der Waals surface area contributed by atoms with Gasteiger partial charge in [0.2, 0.25) is 0 Å². The second-order valence-electron chi connectivity index (χ2n) is 10.6. The fourth-order valence-electron chi connectivity index (χ4n) is 5.69. The number of carbonyl (C=O) groups excluding carboxylic acids is 1. The molecule has 4 rings (SSSR count). The van der Waals surface area contributed by atoms with E-state index >= 15 is 0 Å². The van der Waals surface area contributed by atoms with E-state index < -0.39 is 15.6 Å². The van der Waals surface area contributed by atoms with Gasteiger partial charge in [-0.05, 0) is 91.6 Å². The fourth-order valence-corrected chi connectivity index (χ4v) is 6.17. The van der Waals surface area contributed by atoms with Crippen molar-refractivity contribution in [2.45, 2.75) is 63.4 Å². The Kier molecular flexibility index (Phi) is 10.3. The number of benzene rings is 3. The highest BCUT2D eigenvalue weighted by Crippen LogP contribution is 2.40. The molecule has 0 fully saturated rings. The maximum absolute atomic E-state index is 12.9. The first-order valence-corrected chi connectivity index (χ1v) is 15.7. The zero-order chi connectivity index (χ0) is 30.3. The van der Waals surface area contributed by atoms with Gasteiger partial charge in [0.05, 0.1) is 0 Å². The molecule has 0 saturated carbocycles. The van der Waals surface area contributed by atoms with E-state index in [0.717, 1.165) is 49.0 Å². The molecule has 1 N–H and O–H groups in total. The van der Waals surface area contributed by atoms with Crippen molar-refractivity contribution >= 4 is 16.0 Å². The van der Waals surface area contributed by atoms with Crippen LogP contribution in [0.15, 0.2) is 72.8 Å². The van der Waals surface area contributed by atoms with Crippen molar-refractivity contribution < 1.29 is 30.6 Å². The van der Waals surface area contributed by atoms with Crippen molar-refractivity contribution in [3.63, 3.8) is 0 Å². The Balaban J connectivity index is 1.30. The molecule has 3 aromatic rings. The molecule has 1 amide bonds. The van der Waals surface area contributed by atoms with Crippen LogP contribution in [-0.4, -0.2) is 50.4 Å². The molecular weight excluding hydrogens is 565 g/mol. The first-order valence-electron chi connectivity index (χ1n) is 14.3. The third-order valence-electron chi connectivity index (χ3n) is 7.80. The Bertz CT molecular complexity index is 1440. The predicted molar refractivity (Wildman–Crippen MR) is 158 cm³/mol. The average Bonchev–Trinajstić information content (AvgIpc) is 2.97. The van der Waals surface area contributed by atoms with E-state index in [1.165, 1.54) is 6.07 Å². The lowest BCUT2D eigenvalue weighted by molar-refractivity contribution is -0.0500. The highest BCUT2D eigenvalue weighted by atomic mass is 32.2. The summed E-state index contributed by atoms with van der Waals surface area (Å²) in [6.07, 6.45) is 3.72. The summed E-state index contributed by atoms with van der Waals surface area (Å²) < 4.78 is 66.5. The minimum Gasteiger partial charge on any atom is -0.376 e. The van der Waals surface area contributed by atoms with Crippen LogP contribution in [0.5, 0.6) is 5.75 Å². The SMILES string of the molecule is CCCN(CCCCNC(=O)c1ccc(-c2ccccc2)cc1)[C@H]1CCc2c(OS(=O)(=O)C(F)(F)F)cccc2[C@H]1C. The Morgan fingerprint density at radius 2 is 1.64 bits per heavy atom. The van der Waals surface area contributed by atoms with Gasteiger partial charge < -0.3 is 9.50 Å². The molecule has 0 spiro atoms. The summed E-state index contributed by atoms with van der Waals surface area (Å²) in [6, 6.07) is 22.4. The Morgan fingerprint density at radius 1 is 0.952 bits per heavy atom. The van der Waals surface area contributed by atoms with Gasteiger partial charge in [0.25, 0.3) is 5.91 Å². The average molecular weight is 603 g/mol. The number of amides is 1. The number of carbonyl (C=O) groups is 1. The van der Waals surface area contributed by atoms with Crippen LogP contribution in [-0.2, 0) is 16.5 Å². The van der Waals surface area contributed by atoms with Gasteiger partial charge in [-0.15, -0.1) is 0 Å². The standard InChI is InChI=1S/C32H37F3N2O4S/c1-3-21-37(22-8-7-20-36-31(38)26-16-14-25(15-17-26)24-10-5-4-6-11-24)29-19-18-28-27(23(29)2)12-9-13-30(28)41-42(39,40)32(33,34)35/h4-6,9-17,23,29H,3,7-8,18-22H2,1-2H3,(H,36,38)/t23-,29+/m1/s1. The van der Waals surface area contributed by atoms with Crippen LogP contribution in [0, 0.1) is 0 Å². The molecule has 1 aliphatic rings. The molecular formula is C32H37F3N2O4S. The van der Waals surface area contributed by atoms with Gasteiger partial charge >= 0.3 is 15.6 Å². The summed E-state index contributed by atoms with van der Waals surface area (Å²) in [5.74, 6) is -0.373. The van der Waals surface area contributed by atoms with E-state index in [-0.39, 0.29) is 23.6 Å². The quantitative estimate of drug-likeness (QED) is 0.138. The zero-order valence-electron chi connectivity index (χ0n) is 23.9. The molecule has 0 heterocycles. The largest absolute Gasteiger partial charge is 0.534 e. The first kappa shape index (κ1) is 31.6. The van der Waals surface area contributed by atoms with Gasteiger partial charge in [0.15, 0.2) is 0 Å². The van der Waals surface area contributed by atoms with E-state index in [9.17, 15) is 26.4 Å². The molecule has 0 bridgehead atoms. The van der Waals surface area contributed by atoms with E-state index in [4.69, 9.17) is 0 Å². The number of halogens is 3. The van der Waals surface area contributed by atoms with Crippen molar-refractivity contribution in [1.29, 1.82) is 0 Å². The third kappa shape index (κ3) is 7.52. The van der Waals surface area contributed by atoms with Gasteiger partial charge in [0, 0.05) is 18.2 Å². The fraction of sp³-hybridized carbons (Fsp3) is 0.406. The summed E-state index contributed by atoms with van der Waals surface area (Å²) in [7, 11) is -5.74. The first-order chi connectivity index (χ1) is 20.0. The lowest BCUT2D eigenvalue weighted by atomic mass is 9.79. The van der Waals surface area contributed by atoms with Crippen molar-refractivity contribution in [2.75, 3.05) is 19.6 Å². The number of hydrogen-bond donors (Lipinski definition) is 1. The van der Waals surface area contributed by atoms with Gasteiger partial charge in [0.1, 0.15) is 5.75 Å². The Hall–Kier alpha value is -3.37. The number of fused-ring (bicyclic) bond motifs is 1. The van der Waals surface area contributed by atoms with E-state index in [1.807, 2.05) is 67.6 Å². The molecule has 1 aliphatic carbocycles. The van der Waals surface area contributed by atoms with E-state index in [1.54, 1.807) is 6.07 Å². The number of unbranched alkanes of at least 4 members (excludes halogenated alkanes) is 1. The minimum absolute atomic E-state index is 0.0176. The van der Waals surface area contributed by atoms with Crippen molar-refractivity contribution in [3.05, 3.63) is 89.5 Å². The molecule has 0 unspecified atom stereocenters. The molecule has 0 aliphatic heterocycles. The van der Waals surface area contributed by atoms with Gasteiger partial charge in [-0.25, -0.2) is 0 Å². The second kappa shape index (κ2) is 13.7. The second-order valence-corrected chi connectivity index (χ2v) is 12.2. The minimum atomic E-state index is -5.74. The summed E-state index contributed by atoms with van der Waals surface area (Å²) >= 11 is 0. The molecule has 3 aromatic carbocycles. The number of nitrogens with one attached hydrogen (secondary N) is 1. The summed E-state index contributed by atoms with van der Waals surface area (Å²) in [4.78, 5) is 15.0. The molecule has 226 valence electrons. The van der Waals surface area contributed by atoms with Gasteiger partial charge in [-0.3, -0.25) is 9.69 Å². The topological polar surface area (TPSA) is 75.7 Å². The molecule has 6 nitrogen and oxygen atoms in total. The highest BCUT2D eigenvalue weighted by molar-refractivity contribution is 7.88. The molecule has 42 heavy (non-hydrogen) atoms. The van der Waals surface area contributed by atoms with Crippen LogP contribution in [0.1, 0.15) is 66.9 Å². The van der Waals surface area contributed by atoms with Crippen LogP contribution in [0.4, 0.5) is 13.2 Å². The summed E-state index contributed by atoms with van der Waals surface area (Å²) in [5.41, 5.74) is -1.39. The van der Waals surface area contributed by atoms with Crippen LogP contribution < -0.4 is 9.50 Å². The van der Waals surface area contributed by atoms with Crippen LogP contribution >= 0.6 is 0 Å². The monoisotopic (exact) mass is 602 g/mol. The normalized spacial score (nSPS) is 17.1. The molecule has 0 aromatic heterocycles. The number of hydrogen-bond acceptors (Lipinski definition) is 5. The maximum atomic E-state index is 12.9. The Morgan fingerprint density at radius 3 is 2.31 bits per heavy atom.